The molecule has 3 N–H and O–H groups in total. The Hall–Kier alpha value is -3.57. The summed E-state index contributed by atoms with van der Waals surface area (Å²) in [6.45, 7) is 3.24. The van der Waals surface area contributed by atoms with Crippen LogP contribution in [0.15, 0.2) is 48.5 Å². The number of hydrogen-bond donors (Lipinski definition) is 3. The minimum Gasteiger partial charge on any atom is -0.447 e. The smallest absolute Gasteiger partial charge is 0.308 e. The molecule has 13 nitrogen and oxygen atoms in total. The van der Waals surface area contributed by atoms with E-state index in [1.54, 1.807) is 42.5 Å². The minimum atomic E-state index is -1.39. The number of halogens is 2. The van der Waals surface area contributed by atoms with Gasteiger partial charge in [-0.05, 0) is 42.7 Å². The molecule has 3 heterocycles. The van der Waals surface area contributed by atoms with Crippen molar-refractivity contribution in [1.29, 1.82) is 0 Å². The standard InChI is InChI=1S/C31H33Cl2N7O6S2/c32-21-7-3-5-19(17-21)26(42)28(43)34-30-38-36-23(47-30)9-1-2-10-24-37-39-31(48-24)35-29(44)27(20-6-4-8-22(33)18-20)46-25(41)11-12-40-13-15-45-16-14-40/h3-8,17-18,26-27,42H,1-2,9-16H2,(H,34,38,43)(H,35,39,44). The molecule has 5 rings (SSSR count). The number of nitrogens with one attached hydrogen (secondary N) is 2. The molecule has 1 saturated heterocycles. The number of ether oxygens (including phenoxy) is 2. The average Bonchev–Trinajstić information content (AvgIpc) is 3.73. The van der Waals surface area contributed by atoms with Gasteiger partial charge in [-0.15, -0.1) is 20.4 Å². The van der Waals surface area contributed by atoms with Crippen molar-refractivity contribution in [3.63, 3.8) is 0 Å². The molecule has 2 amide bonds. The van der Waals surface area contributed by atoms with Gasteiger partial charge in [0.2, 0.25) is 16.4 Å². The van der Waals surface area contributed by atoms with Gasteiger partial charge in [0.25, 0.3) is 11.8 Å². The van der Waals surface area contributed by atoms with Crippen LogP contribution in [0.25, 0.3) is 0 Å². The summed E-state index contributed by atoms with van der Waals surface area (Å²) in [5, 5.41) is 34.9. The van der Waals surface area contributed by atoms with Crippen molar-refractivity contribution >= 4 is 73.9 Å². The second-order valence-electron chi connectivity index (χ2n) is 10.8. The Bertz CT molecular complexity index is 1700. The van der Waals surface area contributed by atoms with Crippen molar-refractivity contribution in [2.24, 2.45) is 0 Å². The van der Waals surface area contributed by atoms with E-state index in [2.05, 4.69) is 35.9 Å². The predicted octanol–water partition coefficient (Wildman–Crippen LogP) is 4.88. The number of aromatic nitrogens is 4. The topological polar surface area (TPSA) is 169 Å². The van der Waals surface area contributed by atoms with E-state index in [0.29, 0.717) is 58.9 Å². The van der Waals surface area contributed by atoms with E-state index in [4.69, 9.17) is 32.7 Å². The summed E-state index contributed by atoms with van der Waals surface area (Å²) in [4.78, 5) is 40.6. The largest absolute Gasteiger partial charge is 0.447 e. The van der Waals surface area contributed by atoms with Crippen LogP contribution >= 0.6 is 45.9 Å². The molecule has 4 aromatic rings. The number of carbonyl (C=O) groups excluding carboxylic acids is 3. The van der Waals surface area contributed by atoms with Gasteiger partial charge in [0.05, 0.1) is 19.6 Å². The Balaban J connectivity index is 1.08. The van der Waals surface area contributed by atoms with Crippen LogP contribution in [0.4, 0.5) is 10.3 Å². The van der Waals surface area contributed by atoms with Gasteiger partial charge in [-0.1, -0.05) is 70.1 Å². The number of morpholine rings is 1. The maximum absolute atomic E-state index is 13.3. The van der Waals surface area contributed by atoms with Crippen LogP contribution in [-0.2, 0) is 36.7 Å². The molecule has 17 heteroatoms. The quantitative estimate of drug-likeness (QED) is 0.113. The Morgan fingerprint density at radius 2 is 1.42 bits per heavy atom. The molecule has 1 aliphatic rings. The number of benzene rings is 2. The molecule has 0 saturated carbocycles. The lowest BCUT2D eigenvalue weighted by atomic mass is 10.1. The molecular formula is C31H33Cl2N7O6S2. The summed E-state index contributed by atoms with van der Waals surface area (Å²) in [7, 11) is 0. The zero-order valence-corrected chi connectivity index (χ0v) is 28.8. The van der Waals surface area contributed by atoms with E-state index in [0.717, 1.165) is 35.9 Å². The van der Waals surface area contributed by atoms with E-state index in [-0.39, 0.29) is 11.6 Å². The number of unbranched alkanes of at least 4 members (excludes halogenated alkanes) is 1. The fraction of sp³-hybridized carbons (Fsp3) is 0.387. The van der Waals surface area contributed by atoms with E-state index in [9.17, 15) is 19.5 Å². The Morgan fingerprint density at radius 3 is 2.02 bits per heavy atom. The van der Waals surface area contributed by atoms with E-state index in [1.165, 1.54) is 28.7 Å². The van der Waals surface area contributed by atoms with Gasteiger partial charge in [0.15, 0.2) is 6.10 Å². The molecular weight excluding hydrogens is 701 g/mol. The van der Waals surface area contributed by atoms with Gasteiger partial charge >= 0.3 is 5.97 Å². The molecule has 48 heavy (non-hydrogen) atoms. The van der Waals surface area contributed by atoms with Crippen molar-refractivity contribution in [2.45, 2.75) is 44.3 Å². The summed E-state index contributed by atoms with van der Waals surface area (Å²) in [5.41, 5.74) is 0.824. The molecule has 2 aromatic heterocycles. The summed E-state index contributed by atoms with van der Waals surface area (Å²) in [6.07, 6.45) is 0.319. The summed E-state index contributed by atoms with van der Waals surface area (Å²) >= 11 is 14.6. The fourth-order valence-corrected chi connectivity index (χ4v) is 6.71. The van der Waals surface area contributed by atoms with E-state index in [1.807, 2.05) is 0 Å². The average molecular weight is 735 g/mol. The van der Waals surface area contributed by atoms with Gasteiger partial charge in [-0.2, -0.15) is 0 Å². The molecule has 0 aliphatic carbocycles. The van der Waals surface area contributed by atoms with Crippen LogP contribution in [0.1, 0.15) is 52.6 Å². The molecule has 2 unspecified atom stereocenters. The first kappa shape index (κ1) is 35.7. The normalized spacial score (nSPS) is 14.6. The molecule has 1 fully saturated rings. The van der Waals surface area contributed by atoms with Crippen LogP contribution in [0.3, 0.4) is 0 Å². The van der Waals surface area contributed by atoms with Crippen molar-refractivity contribution in [3.8, 4) is 0 Å². The van der Waals surface area contributed by atoms with E-state index >= 15 is 0 Å². The number of rotatable bonds is 15. The summed E-state index contributed by atoms with van der Waals surface area (Å²) in [5.74, 6) is -1.68. The highest BCUT2D eigenvalue weighted by Crippen LogP contribution is 2.26. The minimum absolute atomic E-state index is 0.132. The summed E-state index contributed by atoms with van der Waals surface area (Å²) < 4.78 is 11.0. The van der Waals surface area contributed by atoms with Crippen molar-refractivity contribution in [2.75, 3.05) is 43.5 Å². The molecule has 2 aromatic carbocycles. The maximum Gasteiger partial charge on any atom is 0.308 e. The number of aliphatic hydroxyl groups is 1. The number of anilines is 2. The Labute approximate surface area is 294 Å². The SMILES string of the molecule is O=C(CCN1CCOCC1)OC(C(=O)Nc1nnc(CCCCc2nnc(NC(=O)C(O)c3cccc(Cl)c3)s2)s1)c1cccc(Cl)c1. The second kappa shape index (κ2) is 17.7. The van der Waals surface area contributed by atoms with Crippen LogP contribution in [0, 0.1) is 0 Å². The highest BCUT2D eigenvalue weighted by Gasteiger charge is 2.27. The van der Waals surface area contributed by atoms with Crippen LogP contribution < -0.4 is 10.6 Å². The van der Waals surface area contributed by atoms with Crippen LogP contribution in [-0.4, -0.2) is 81.0 Å². The third-order valence-corrected chi connectivity index (χ3v) is 9.48. The zero-order valence-electron chi connectivity index (χ0n) is 25.6. The molecule has 0 radical (unpaired) electrons. The lowest BCUT2D eigenvalue weighted by molar-refractivity contribution is -0.155. The number of esters is 1. The molecule has 2 atom stereocenters. The first-order valence-electron chi connectivity index (χ1n) is 15.2. The molecule has 0 bridgehead atoms. The number of aryl methyl sites for hydroxylation is 2. The zero-order chi connectivity index (χ0) is 33.9. The maximum atomic E-state index is 13.3. The third-order valence-electron chi connectivity index (χ3n) is 7.21. The summed E-state index contributed by atoms with van der Waals surface area (Å²) in [6, 6.07) is 13.1. The van der Waals surface area contributed by atoms with Gasteiger partial charge in [-0.25, -0.2) is 0 Å². The Morgan fingerprint density at radius 1 is 0.854 bits per heavy atom. The first-order valence-corrected chi connectivity index (χ1v) is 17.6. The van der Waals surface area contributed by atoms with Crippen molar-refractivity contribution < 1.29 is 29.0 Å². The van der Waals surface area contributed by atoms with Crippen molar-refractivity contribution in [3.05, 3.63) is 79.7 Å². The number of carbonyl (C=O) groups is 3. The number of amides is 2. The van der Waals surface area contributed by atoms with Crippen LogP contribution in [0.2, 0.25) is 10.0 Å². The van der Waals surface area contributed by atoms with Gasteiger partial charge in [0, 0.05) is 48.1 Å². The lowest BCUT2D eigenvalue weighted by Gasteiger charge is -2.26. The monoisotopic (exact) mass is 733 g/mol. The van der Waals surface area contributed by atoms with Crippen LogP contribution in [0.5, 0.6) is 0 Å². The highest BCUT2D eigenvalue weighted by atomic mass is 35.5. The predicted molar refractivity (Wildman–Crippen MR) is 182 cm³/mol. The first-order chi connectivity index (χ1) is 23.2. The third kappa shape index (κ3) is 10.7. The van der Waals surface area contributed by atoms with E-state index < -0.39 is 30.0 Å². The highest BCUT2D eigenvalue weighted by molar-refractivity contribution is 7.15. The van der Waals surface area contributed by atoms with Gasteiger partial charge in [-0.3, -0.25) is 29.9 Å². The molecule has 0 spiro atoms. The van der Waals surface area contributed by atoms with Gasteiger partial charge in [0.1, 0.15) is 10.0 Å². The van der Waals surface area contributed by atoms with Crippen molar-refractivity contribution in [1.82, 2.24) is 25.3 Å². The molecule has 1 aliphatic heterocycles. The molecule has 254 valence electrons. The number of nitrogens with zero attached hydrogens (tertiary/aromatic N) is 5. The Kier molecular flexibility index (Phi) is 13.2. The second-order valence-corrected chi connectivity index (χ2v) is 13.8. The fourth-order valence-electron chi connectivity index (χ4n) is 4.74. The number of hydrogen-bond acceptors (Lipinski definition) is 13. The van der Waals surface area contributed by atoms with Gasteiger partial charge < -0.3 is 14.6 Å². The lowest BCUT2D eigenvalue weighted by Crippen LogP contribution is -2.38. The number of aliphatic hydroxyl groups excluding tert-OH is 1.